The first-order chi connectivity index (χ1) is 8.17. The van der Waals surface area contributed by atoms with Crippen LogP contribution in [0.2, 0.25) is 0 Å². The summed E-state index contributed by atoms with van der Waals surface area (Å²) in [7, 11) is 0. The number of esters is 2. The SMILES string of the molecule is CCOC(=O)C[C@H]1CCC[C@@H]1CC(=O)OCC. The van der Waals surface area contributed by atoms with Crippen LogP contribution in [0.25, 0.3) is 0 Å². The van der Waals surface area contributed by atoms with Crippen LogP contribution in [0.5, 0.6) is 0 Å². The Labute approximate surface area is 103 Å². The Bertz CT molecular complexity index is 236. The van der Waals surface area contributed by atoms with E-state index >= 15 is 0 Å². The van der Waals surface area contributed by atoms with Gasteiger partial charge < -0.3 is 9.47 Å². The molecule has 0 amide bonds. The second-order valence-electron chi connectivity index (χ2n) is 4.47. The van der Waals surface area contributed by atoms with Crippen molar-refractivity contribution in [3.05, 3.63) is 0 Å². The molecule has 2 atom stereocenters. The fourth-order valence-electron chi connectivity index (χ4n) is 2.52. The third kappa shape index (κ3) is 4.75. The van der Waals surface area contributed by atoms with Crippen molar-refractivity contribution in [2.24, 2.45) is 11.8 Å². The van der Waals surface area contributed by atoms with Crippen molar-refractivity contribution in [3.63, 3.8) is 0 Å². The van der Waals surface area contributed by atoms with E-state index < -0.39 is 0 Å². The normalized spacial score (nSPS) is 23.4. The predicted molar refractivity (Wildman–Crippen MR) is 63.3 cm³/mol. The van der Waals surface area contributed by atoms with Gasteiger partial charge in [0.05, 0.1) is 13.2 Å². The van der Waals surface area contributed by atoms with Crippen LogP contribution in [0, 0.1) is 11.8 Å². The maximum atomic E-state index is 11.4. The van der Waals surface area contributed by atoms with Gasteiger partial charge in [-0.2, -0.15) is 0 Å². The lowest BCUT2D eigenvalue weighted by Crippen LogP contribution is -2.19. The van der Waals surface area contributed by atoms with E-state index in [-0.39, 0.29) is 11.9 Å². The van der Waals surface area contributed by atoms with Gasteiger partial charge in [-0.15, -0.1) is 0 Å². The molecule has 0 aromatic rings. The van der Waals surface area contributed by atoms with Gasteiger partial charge in [0, 0.05) is 12.8 Å². The van der Waals surface area contributed by atoms with Crippen molar-refractivity contribution < 1.29 is 19.1 Å². The fourth-order valence-corrected chi connectivity index (χ4v) is 2.52. The minimum atomic E-state index is -0.145. The van der Waals surface area contributed by atoms with Gasteiger partial charge in [-0.3, -0.25) is 9.59 Å². The van der Waals surface area contributed by atoms with E-state index in [2.05, 4.69) is 0 Å². The number of carbonyl (C=O) groups excluding carboxylic acids is 2. The summed E-state index contributed by atoms with van der Waals surface area (Å²) in [5.41, 5.74) is 0. The van der Waals surface area contributed by atoms with Crippen molar-refractivity contribution in [1.29, 1.82) is 0 Å². The van der Waals surface area contributed by atoms with Crippen molar-refractivity contribution in [2.75, 3.05) is 13.2 Å². The van der Waals surface area contributed by atoms with E-state index in [0.29, 0.717) is 37.9 Å². The third-order valence-electron chi connectivity index (χ3n) is 3.28. The Morgan fingerprint density at radius 2 is 1.35 bits per heavy atom. The summed E-state index contributed by atoms with van der Waals surface area (Å²) >= 11 is 0. The molecule has 0 N–H and O–H groups in total. The number of hydrogen-bond acceptors (Lipinski definition) is 4. The molecule has 0 radical (unpaired) electrons. The summed E-state index contributed by atoms with van der Waals surface area (Å²) in [5.74, 6) is 0.290. The van der Waals surface area contributed by atoms with Crippen LogP contribution in [-0.2, 0) is 19.1 Å². The smallest absolute Gasteiger partial charge is 0.306 e. The molecule has 4 heteroatoms. The van der Waals surface area contributed by atoms with Gasteiger partial charge in [0.15, 0.2) is 0 Å². The van der Waals surface area contributed by atoms with Crippen molar-refractivity contribution in [2.45, 2.75) is 46.0 Å². The first-order valence-electron chi connectivity index (χ1n) is 6.48. The molecule has 4 nitrogen and oxygen atoms in total. The summed E-state index contributed by atoms with van der Waals surface area (Å²) in [6.45, 7) is 4.47. The predicted octanol–water partition coefficient (Wildman–Crippen LogP) is 2.31. The fraction of sp³-hybridized carbons (Fsp3) is 0.846. The largest absolute Gasteiger partial charge is 0.466 e. The molecule has 0 bridgehead atoms. The molecule has 0 spiro atoms. The number of rotatable bonds is 6. The van der Waals surface area contributed by atoms with E-state index in [0.717, 1.165) is 19.3 Å². The summed E-state index contributed by atoms with van der Waals surface area (Å²) < 4.78 is 9.90. The first kappa shape index (κ1) is 14.0. The molecular weight excluding hydrogens is 220 g/mol. The average Bonchev–Trinajstić information content (AvgIpc) is 2.66. The zero-order chi connectivity index (χ0) is 12.7. The molecule has 0 unspecified atom stereocenters. The average molecular weight is 242 g/mol. The Kier molecular flexibility index (Phi) is 6.01. The molecule has 0 saturated heterocycles. The third-order valence-corrected chi connectivity index (χ3v) is 3.28. The van der Waals surface area contributed by atoms with Crippen LogP contribution < -0.4 is 0 Å². The van der Waals surface area contributed by atoms with Crippen LogP contribution in [-0.4, -0.2) is 25.2 Å². The van der Waals surface area contributed by atoms with Crippen molar-refractivity contribution >= 4 is 11.9 Å². The van der Waals surface area contributed by atoms with E-state index in [1.54, 1.807) is 0 Å². The monoisotopic (exact) mass is 242 g/mol. The minimum absolute atomic E-state index is 0.145. The number of ether oxygens (including phenoxy) is 2. The molecule has 1 fully saturated rings. The maximum Gasteiger partial charge on any atom is 0.306 e. The lowest BCUT2D eigenvalue weighted by atomic mass is 9.90. The Morgan fingerprint density at radius 1 is 0.941 bits per heavy atom. The van der Waals surface area contributed by atoms with Gasteiger partial charge >= 0.3 is 11.9 Å². The van der Waals surface area contributed by atoms with Crippen LogP contribution in [0.1, 0.15) is 46.0 Å². The highest BCUT2D eigenvalue weighted by Gasteiger charge is 2.31. The molecule has 1 aliphatic carbocycles. The first-order valence-corrected chi connectivity index (χ1v) is 6.48. The van der Waals surface area contributed by atoms with E-state index in [9.17, 15) is 9.59 Å². The van der Waals surface area contributed by atoms with Crippen LogP contribution in [0.15, 0.2) is 0 Å². The number of hydrogen-bond donors (Lipinski definition) is 0. The summed E-state index contributed by atoms with van der Waals surface area (Å²) in [6, 6.07) is 0. The summed E-state index contributed by atoms with van der Waals surface area (Å²) in [4.78, 5) is 22.8. The van der Waals surface area contributed by atoms with E-state index in [4.69, 9.17) is 9.47 Å². The zero-order valence-electron chi connectivity index (χ0n) is 10.7. The molecule has 0 heterocycles. The molecule has 0 aromatic heterocycles. The molecule has 17 heavy (non-hydrogen) atoms. The maximum absolute atomic E-state index is 11.4. The molecular formula is C13H22O4. The molecule has 1 rings (SSSR count). The Hall–Kier alpha value is -1.06. The number of carbonyl (C=O) groups is 2. The van der Waals surface area contributed by atoms with E-state index in [1.165, 1.54) is 0 Å². The van der Waals surface area contributed by atoms with Gasteiger partial charge in [0.25, 0.3) is 0 Å². The second-order valence-corrected chi connectivity index (χ2v) is 4.47. The van der Waals surface area contributed by atoms with Crippen molar-refractivity contribution in [3.8, 4) is 0 Å². The lowest BCUT2D eigenvalue weighted by Gasteiger charge is -2.17. The zero-order valence-corrected chi connectivity index (χ0v) is 10.7. The Balaban J connectivity index is 2.38. The minimum Gasteiger partial charge on any atom is -0.466 e. The van der Waals surface area contributed by atoms with Gasteiger partial charge in [-0.1, -0.05) is 6.42 Å². The summed E-state index contributed by atoms with van der Waals surface area (Å²) in [5, 5.41) is 0. The van der Waals surface area contributed by atoms with Gasteiger partial charge in [-0.05, 0) is 38.5 Å². The summed E-state index contributed by atoms with van der Waals surface area (Å²) in [6.07, 6.45) is 4.01. The van der Waals surface area contributed by atoms with Crippen molar-refractivity contribution in [1.82, 2.24) is 0 Å². The highest BCUT2D eigenvalue weighted by Crippen LogP contribution is 2.36. The molecule has 0 aliphatic heterocycles. The molecule has 1 saturated carbocycles. The highest BCUT2D eigenvalue weighted by molar-refractivity contribution is 5.71. The topological polar surface area (TPSA) is 52.6 Å². The van der Waals surface area contributed by atoms with Gasteiger partial charge in [-0.25, -0.2) is 0 Å². The molecule has 1 aliphatic rings. The lowest BCUT2D eigenvalue weighted by molar-refractivity contribution is -0.147. The van der Waals surface area contributed by atoms with Crippen LogP contribution in [0.3, 0.4) is 0 Å². The van der Waals surface area contributed by atoms with Gasteiger partial charge in [0.2, 0.25) is 0 Å². The highest BCUT2D eigenvalue weighted by atomic mass is 16.5. The second kappa shape index (κ2) is 7.30. The van der Waals surface area contributed by atoms with Crippen LogP contribution >= 0.6 is 0 Å². The quantitative estimate of drug-likeness (QED) is 0.671. The van der Waals surface area contributed by atoms with Gasteiger partial charge in [0.1, 0.15) is 0 Å². The molecule has 0 aromatic carbocycles. The Morgan fingerprint density at radius 3 is 1.71 bits per heavy atom. The standard InChI is InChI=1S/C13H22O4/c1-3-16-12(14)8-10-6-5-7-11(10)9-13(15)17-4-2/h10-11H,3-9H2,1-2H3/t10-,11-/m1/s1. The van der Waals surface area contributed by atoms with Crippen LogP contribution in [0.4, 0.5) is 0 Å². The molecule has 98 valence electrons. The van der Waals surface area contributed by atoms with E-state index in [1.807, 2.05) is 13.8 Å².